The van der Waals surface area contributed by atoms with Gasteiger partial charge in [-0.05, 0) is 48.6 Å². The molecule has 1 aliphatic carbocycles. The predicted octanol–water partition coefficient (Wildman–Crippen LogP) is 4.18. The Morgan fingerprint density at radius 1 is 1.26 bits per heavy atom. The summed E-state index contributed by atoms with van der Waals surface area (Å²) in [6.45, 7) is 5.51. The number of anilines is 1. The van der Waals surface area contributed by atoms with Crippen LogP contribution in [0.1, 0.15) is 47.7 Å². The van der Waals surface area contributed by atoms with Crippen LogP contribution in [-0.4, -0.2) is 43.7 Å². The van der Waals surface area contributed by atoms with E-state index in [1.165, 1.54) is 25.3 Å². The number of hydrogen-bond acceptors (Lipinski definition) is 7. The zero-order chi connectivity index (χ0) is 24.0. The van der Waals surface area contributed by atoms with E-state index in [0.717, 1.165) is 12.0 Å². The third-order valence-electron chi connectivity index (χ3n) is 6.67. The van der Waals surface area contributed by atoms with Crippen LogP contribution in [0.2, 0.25) is 0 Å². The number of carbonyl (C=O) groups is 1. The van der Waals surface area contributed by atoms with Crippen LogP contribution in [0.15, 0.2) is 35.2 Å². The van der Waals surface area contributed by atoms with E-state index in [-0.39, 0.29) is 5.56 Å². The van der Waals surface area contributed by atoms with E-state index in [4.69, 9.17) is 18.9 Å². The van der Waals surface area contributed by atoms with Crippen LogP contribution in [0.25, 0.3) is 0 Å². The van der Waals surface area contributed by atoms with Gasteiger partial charge < -0.3 is 23.5 Å². The Balaban J connectivity index is 1.45. The van der Waals surface area contributed by atoms with E-state index < -0.39 is 34.9 Å². The predicted molar refractivity (Wildman–Crippen MR) is 124 cm³/mol. The van der Waals surface area contributed by atoms with Gasteiger partial charge in [-0.3, -0.25) is 0 Å². The van der Waals surface area contributed by atoms with Crippen LogP contribution < -0.4 is 9.46 Å². The molecule has 2 aromatic rings. The minimum Gasteiger partial charge on any atom is -0.588 e. The van der Waals surface area contributed by atoms with Crippen LogP contribution in [0.3, 0.4) is 0 Å². The van der Waals surface area contributed by atoms with E-state index in [1.54, 1.807) is 6.07 Å². The maximum absolute atomic E-state index is 14.2. The lowest BCUT2D eigenvalue weighted by atomic mass is 9.85. The monoisotopic (exact) mass is 489 g/mol. The number of methoxy groups -OCH3 is 1. The molecule has 2 heterocycles. The van der Waals surface area contributed by atoms with Crippen LogP contribution in [0.4, 0.5) is 10.1 Å². The van der Waals surface area contributed by atoms with Crippen molar-refractivity contribution in [3.05, 3.63) is 52.8 Å². The highest BCUT2D eigenvalue weighted by Gasteiger charge is 2.45. The van der Waals surface area contributed by atoms with Crippen LogP contribution in [-0.2, 0) is 32.0 Å². The average molecular weight is 490 g/mol. The van der Waals surface area contributed by atoms with Gasteiger partial charge in [0.25, 0.3) is 0 Å². The first-order valence-electron chi connectivity index (χ1n) is 11.4. The number of carbonyl (C=O) groups excluding carboxylic acids is 1. The molecule has 0 aromatic heterocycles. The van der Waals surface area contributed by atoms with Crippen molar-refractivity contribution in [2.45, 2.75) is 43.8 Å². The van der Waals surface area contributed by atoms with Crippen molar-refractivity contribution >= 4 is 23.0 Å². The van der Waals surface area contributed by atoms with Crippen LogP contribution in [0, 0.1) is 17.2 Å². The van der Waals surface area contributed by atoms with E-state index in [0.29, 0.717) is 60.0 Å². The summed E-state index contributed by atoms with van der Waals surface area (Å²) in [5, 5.41) is 0. The average Bonchev–Trinajstić information content (AvgIpc) is 3.38. The molecule has 2 fully saturated rings. The van der Waals surface area contributed by atoms with E-state index in [1.807, 2.05) is 19.9 Å². The standard InChI is InChI=1S/C25H28FNO6S/c1-25(2,24-31-8-9-32-24)12-14-10-16(26)4-7-20(14)34(29)27-19-6-5-17-18-11-15(18)13-33-22(17)21(19)23(28)30-3/h4-7,10,15,18,24,27H,8-9,11-13H2,1-3H3/t15-,18-,34?/m0/s1. The Morgan fingerprint density at radius 2 is 2.03 bits per heavy atom. The van der Waals surface area contributed by atoms with E-state index in [2.05, 4.69) is 4.72 Å². The third kappa shape index (κ3) is 4.37. The molecule has 1 N–H and O–H groups in total. The van der Waals surface area contributed by atoms with Crippen molar-refractivity contribution < 1.29 is 32.7 Å². The first-order chi connectivity index (χ1) is 16.3. The molecule has 34 heavy (non-hydrogen) atoms. The van der Waals surface area contributed by atoms with Gasteiger partial charge in [0.05, 0.1) is 26.9 Å². The molecule has 2 aliphatic heterocycles. The molecule has 0 radical (unpaired) electrons. The zero-order valence-corrected chi connectivity index (χ0v) is 20.2. The molecule has 5 rings (SSSR count). The number of nitrogens with one attached hydrogen (secondary N) is 1. The molecule has 0 bridgehead atoms. The second kappa shape index (κ2) is 9.03. The summed E-state index contributed by atoms with van der Waals surface area (Å²) in [5.41, 5.74) is 1.66. The van der Waals surface area contributed by atoms with Gasteiger partial charge in [0.2, 0.25) is 0 Å². The highest BCUT2D eigenvalue weighted by molar-refractivity contribution is 7.92. The van der Waals surface area contributed by atoms with Gasteiger partial charge in [0.15, 0.2) is 11.2 Å². The van der Waals surface area contributed by atoms with Gasteiger partial charge in [-0.25, -0.2) is 13.9 Å². The lowest BCUT2D eigenvalue weighted by Gasteiger charge is -2.30. The maximum Gasteiger partial charge on any atom is 0.343 e. The number of hydrogen-bond donors (Lipinski definition) is 1. The second-order valence-electron chi connectivity index (χ2n) is 9.67. The molecule has 182 valence electrons. The number of fused-ring (bicyclic) bond motifs is 3. The maximum atomic E-state index is 14.2. The summed E-state index contributed by atoms with van der Waals surface area (Å²) < 4.78 is 52.8. The second-order valence-corrected chi connectivity index (χ2v) is 10.9. The van der Waals surface area contributed by atoms with Crippen molar-refractivity contribution in [3.8, 4) is 5.75 Å². The molecule has 0 amide bonds. The molecule has 7 nitrogen and oxygen atoms in total. The summed E-state index contributed by atoms with van der Waals surface area (Å²) >= 11 is -1.78. The molecule has 3 atom stereocenters. The van der Waals surface area contributed by atoms with Gasteiger partial charge in [-0.2, -0.15) is 0 Å². The topological polar surface area (TPSA) is 89.1 Å². The van der Waals surface area contributed by atoms with Crippen LogP contribution >= 0.6 is 0 Å². The first kappa shape index (κ1) is 23.4. The van der Waals surface area contributed by atoms with Crippen LogP contribution in [0.5, 0.6) is 5.75 Å². The number of rotatable bonds is 7. The van der Waals surface area contributed by atoms with Crippen molar-refractivity contribution in [2.75, 3.05) is 31.7 Å². The minimum atomic E-state index is -1.78. The summed E-state index contributed by atoms with van der Waals surface area (Å²) in [6.07, 6.45) is 0.994. The molecule has 3 aliphatic rings. The quantitative estimate of drug-likeness (QED) is 0.461. The van der Waals surface area contributed by atoms with Gasteiger partial charge in [-0.15, -0.1) is 0 Å². The van der Waals surface area contributed by atoms with Gasteiger partial charge in [-0.1, -0.05) is 19.9 Å². The van der Waals surface area contributed by atoms with E-state index in [9.17, 15) is 13.7 Å². The Morgan fingerprint density at radius 3 is 2.76 bits per heavy atom. The number of halogens is 1. The Bertz CT molecular complexity index is 1100. The normalized spacial score (nSPS) is 22.4. The Labute approximate surface area is 201 Å². The summed E-state index contributed by atoms with van der Waals surface area (Å²) in [6, 6.07) is 7.81. The Kier molecular flexibility index (Phi) is 6.22. The lowest BCUT2D eigenvalue weighted by Crippen LogP contribution is -2.33. The first-order valence-corrected chi connectivity index (χ1v) is 12.5. The molecule has 2 aromatic carbocycles. The highest BCUT2D eigenvalue weighted by atomic mass is 32.2. The smallest absolute Gasteiger partial charge is 0.343 e. The number of benzene rings is 2. The number of esters is 1. The van der Waals surface area contributed by atoms with E-state index >= 15 is 0 Å². The Hall–Kier alpha value is -2.33. The van der Waals surface area contributed by atoms with Crippen molar-refractivity contribution in [1.29, 1.82) is 0 Å². The van der Waals surface area contributed by atoms with Gasteiger partial charge in [0, 0.05) is 16.9 Å². The molecule has 1 saturated heterocycles. The fraction of sp³-hybridized carbons (Fsp3) is 0.480. The molecular formula is C25H28FNO6S. The molecule has 0 spiro atoms. The molecular weight excluding hydrogens is 461 g/mol. The SMILES string of the molecule is COC(=O)c1c(N[S+]([O-])c2ccc(F)cc2CC(C)(C)C2OCCO2)ccc2c1OC[C@@H]1C[C@H]21. The number of ether oxygens (including phenoxy) is 4. The van der Waals surface area contributed by atoms with Crippen molar-refractivity contribution in [1.82, 2.24) is 0 Å². The zero-order valence-electron chi connectivity index (χ0n) is 19.4. The fourth-order valence-corrected chi connectivity index (χ4v) is 5.89. The summed E-state index contributed by atoms with van der Waals surface area (Å²) in [7, 11) is 1.30. The lowest BCUT2D eigenvalue weighted by molar-refractivity contribution is -0.119. The fourth-order valence-electron chi connectivity index (χ4n) is 4.84. The molecule has 1 saturated carbocycles. The highest BCUT2D eigenvalue weighted by Crippen LogP contribution is 2.55. The van der Waals surface area contributed by atoms with Gasteiger partial charge >= 0.3 is 5.97 Å². The molecule has 1 unspecified atom stereocenters. The van der Waals surface area contributed by atoms with Crippen molar-refractivity contribution in [3.63, 3.8) is 0 Å². The summed E-state index contributed by atoms with van der Waals surface area (Å²) in [5.74, 6) is 0.382. The largest absolute Gasteiger partial charge is 0.588 e. The minimum absolute atomic E-state index is 0.232. The van der Waals surface area contributed by atoms with Crippen molar-refractivity contribution in [2.24, 2.45) is 11.3 Å². The van der Waals surface area contributed by atoms with Gasteiger partial charge in [0.1, 0.15) is 34.2 Å². The third-order valence-corrected chi connectivity index (χ3v) is 7.88. The summed E-state index contributed by atoms with van der Waals surface area (Å²) in [4.78, 5) is 13.1. The molecule has 9 heteroatoms.